The van der Waals surface area contributed by atoms with Gasteiger partial charge in [0.15, 0.2) is 0 Å². The van der Waals surface area contributed by atoms with Crippen molar-refractivity contribution in [3.8, 4) is 0 Å². The second kappa shape index (κ2) is 3.14. The molecule has 3 nitrogen and oxygen atoms in total. The van der Waals surface area contributed by atoms with Crippen molar-refractivity contribution in [2.24, 2.45) is 0 Å². The fourth-order valence-electron chi connectivity index (χ4n) is 1.10. The molecule has 3 heteroatoms. The molecule has 0 amide bonds. The number of aliphatic hydroxyl groups excluding tert-OH is 2. The van der Waals surface area contributed by atoms with Crippen molar-refractivity contribution in [1.82, 2.24) is 0 Å². The van der Waals surface area contributed by atoms with Crippen LogP contribution in [0.15, 0.2) is 12.7 Å². The summed E-state index contributed by atoms with van der Waals surface area (Å²) in [5, 5.41) is 17.8. The highest BCUT2D eigenvalue weighted by atomic mass is 16.5. The van der Waals surface area contributed by atoms with Crippen molar-refractivity contribution in [3.05, 3.63) is 12.7 Å². The maximum Gasteiger partial charge on any atom is 0.102 e. The van der Waals surface area contributed by atoms with E-state index >= 15 is 0 Å². The van der Waals surface area contributed by atoms with Crippen LogP contribution in [0.5, 0.6) is 0 Å². The number of hydrogen-bond acceptors (Lipinski definition) is 3. The summed E-state index contributed by atoms with van der Waals surface area (Å²) in [7, 11) is 0. The van der Waals surface area contributed by atoms with Crippen LogP contribution in [0.4, 0.5) is 0 Å². The van der Waals surface area contributed by atoms with Crippen molar-refractivity contribution in [1.29, 1.82) is 0 Å². The molecule has 0 aromatic carbocycles. The van der Waals surface area contributed by atoms with Crippen molar-refractivity contribution in [3.63, 3.8) is 0 Å². The molecule has 2 N–H and O–H groups in total. The van der Waals surface area contributed by atoms with E-state index in [9.17, 15) is 5.11 Å². The lowest BCUT2D eigenvalue weighted by molar-refractivity contribution is 0.0151. The van der Waals surface area contributed by atoms with E-state index in [1.807, 2.05) is 0 Å². The predicted molar refractivity (Wildman–Crippen MR) is 36.6 cm³/mol. The Hall–Kier alpha value is -0.380. The molecule has 1 heterocycles. The van der Waals surface area contributed by atoms with Crippen molar-refractivity contribution in [2.75, 3.05) is 6.61 Å². The number of rotatable bonds is 2. The Kier molecular flexibility index (Phi) is 2.43. The minimum absolute atomic E-state index is 0.0264. The fourth-order valence-corrected chi connectivity index (χ4v) is 1.10. The van der Waals surface area contributed by atoms with Gasteiger partial charge in [-0.05, 0) is 0 Å². The highest BCUT2D eigenvalue weighted by molar-refractivity contribution is 4.92. The van der Waals surface area contributed by atoms with Crippen molar-refractivity contribution >= 4 is 0 Å². The molecule has 0 spiro atoms. The second-order valence-electron chi connectivity index (χ2n) is 2.44. The minimum Gasteiger partial charge on any atom is -0.394 e. The van der Waals surface area contributed by atoms with E-state index in [-0.39, 0.29) is 18.8 Å². The fraction of sp³-hybridized carbons (Fsp3) is 0.714. The molecule has 0 aromatic heterocycles. The van der Waals surface area contributed by atoms with Gasteiger partial charge >= 0.3 is 0 Å². The summed E-state index contributed by atoms with van der Waals surface area (Å²) in [4.78, 5) is 0. The largest absolute Gasteiger partial charge is 0.394 e. The van der Waals surface area contributed by atoms with Crippen LogP contribution in [0, 0.1) is 0 Å². The summed E-state index contributed by atoms with van der Waals surface area (Å²) in [6.07, 6.45) is 1.07. The van der Waals surface area contributed by atoms with Gasteiger partial charge in [-0.15, -0.1) is 6.58 Å². The highest BCUT2D eigenvalue weighted by Gasteiger charge is 2.30. The van der Waals surface area contributed by atoms with Crippen LogP contribution in [0.2, 0.25) is 0 Å². The Morgan fingerprint density at radius 3 is 2.70 bits per heavy atom. The van der Waals surface area contributed by atoms with Gasteiger partial charge in [0.25, 0.3) is 0 Å². The summed E-state index contributed by atoms with van der Waals surface area (Å²) in [5.41, 5.74) is 0. The monoisotopic (exact) mass is 144 g/mol. The van der Waals surface area contributed by atoms with Gasteiger partial charge in [0, 0.05) is 6.42 Å². The van der Waals surface area contributed by atoms with Crippen LogP contribution >= 0.6 is 0 Å². The molecule has 0 radical (unpaired) electrons. The summed E-state index contributed by atoms with van der Waals surface area (Å²) < 4.78 is 5.15. The van der Waals surface area contributed by atoms with Gasteiger partial charge in [-0.3, -0.25) is 0 Å². The topological polar surface area (TPSA) is 49.7 Å². The molecule has 10 heavy (non-hydrogen) atoms. The Bertz CT molecular complexity index is 124. The van der Waals surface area contributed by atoms with Crippen LogP contribution in [0.25, 0.3) is 0 Å². The minimum atomic E-state index is -0.491. The molecule has 1 rings (SSSR count). The van der Waals surface area contributed by atoms with Gasteiger partial charge in [0.2, 0.25) is 0 Å². The molecule has 0 unspecified atom stereocenters. The summed E-state index contributed by atoms with van der Waals surface area (Å²) in [6, 6.07) is 0. The molecule has 0 aromatic rings. The van der Waals surface area contributed by atoms with E-state index in [1.54, 1.807) is 6.08 Å². The zero-order chi connectivity index (χ0) is 7.56. The standard InChI is InChI=1S/C7H12O3/c1-2-7-6(9)3-5(4-8)10-7/h2,5-9H,1,3-4H2/t5-,6-,7-/m0/s1. The molecule has 3 atom stereocenters. The Morgan fingerprint density at radius 1 is 1.70 bits per heavy atom. The van der Waals surface area contributed by atoms with E-state index in [1.165, 1.54) is 0 Å². The molecule has 1 aliphatic heterocycles. The molecule has 0 aliphatic carbocycles. The summed E-state index contributed by atoms with van der Waals surface area (Å²) >= 11 is 0. The first kappa shape index (κ1) is 7.72. The molecule has 0 saturated carbocycles. The van der Waals surface area contributed by atoms with Gasteiger partial charge in [-0.2, -0.15) is 0 Å². The summed E-state index contributed by atoms with van der Waals surface area (Å²) in [6.45, 7) is 3.47. The number of hydrogen-bond donors (Lipinski definition) is 2. The lowest BCUT2D eigenvalue weighted by atomic mass is 10.1. The van der Waals surface area contributed by atoms with Crippen LogP contribution < -0.4 is 0 Å². The van der Waals surface area contributed by atoms with Crippen molar-refractivity contribution < 1.29 is 14.9 Å². The maximum atomic E-state index is 9.18. The third kappa shape index (κ3) is 1.37. The molecule has 0 bridgehead atoms. The lowest BCUT2D eigenvalue weighted by Gasteiger charge is -2.07. The molecule has 1 saturated heterocycles. The third-order valence-electron chi connectivity index (χ3n) is 1.67. The average Bonchev–Trinajstić information content (AvgIpc) is 2.30. The van der Waals surface area contributed by atoms with E-state index in [4.69, 9.17) is 9.84 Å². The first-order valence-corrected chi connectivity index (χ1v) is 3.35. The van der Waals surface area contributed by atoms with Gasteiger partial charge in [-0.1, -0.05) is 6.08 Å². The highest BCUT2D eigenvalue weighted by Crippen LogP contribution is 2.20. The van der Waals surface area contributed by atoms with E-state index < -0.39 is 6.10 Å². The quantitative estimate of drug-likeness (QED) is 0.522. The SMILES string of the molecule is C=C[C@@H]1O[C@H](CO)C[C@@H]1O. The molecule has 1 aliphatic rings. The smallest absolute Gasteiger partial charge is 0.102 e. The second-order valence-corrected chi connectivity index (χ2v) is 2.44. The maximum absolute atomic E-state index is 9.18. The Morgan fingerprint density at radius 2 is 2.40 bits per heavy atom. The van der Waals surface area contributed by atoms with Crippen molar-refractivity contribution in [2.45, 2.75) is 24.7 Å². The Balaban J connectivity index is 2.43. The van der Waals surface area contributed by atoms with Gasteiger partial charge in [0.1, 0.15) is 6.10 Å². The van der Waals surface area contributed by atoms with E-state index in [0.717, 1.165) is 0 Å². The molecular formula is C7H12O3. The van der Waals surface area contributed by atoms with Gasteiger partial charge in [0.05, 0.1) is 18.8 Å². The van der Waals surface area contributed by atoms with E-state index in [2.05, 4.69) is 6.58 Å². The number of aliphatic hydroxyl groups is 2. The first-order chi connectivity index (χ1) is 4.77. The molecule has 1 fully saturated rings. The van der Waals surface area contributed by atoms with E-state index in [0.29, 0.717) is 6.42 Å². The normalized spacial score (nSPS) is 40.0. The molecular weight excluding hydrogens is 132 g/mol. The Labute approximate surface area is 59.9 Å². The summed E-state index contributed by atoms with van der Waals surface area (Å²) in [5.74, 6) is 0. The number of ether oxygens (including phenoxy) is 1. The third-order valence-corrected chi connectivity index (χ3v) is 1.67. The predicted octanol–water partition coefficient (Wildman–Crippen LogP) is -0.317. The average molecular weight is 144 g/mol. The molecule has 58 valence electrons. The van der Waals surface area contributed by atoms with Crippen LogP contribution in [-0.4, -0.2) is 35.1 Å². The van der Waals surface area contributed by atoms with Crippen LogP contribution in [-0.2, 0) is 4.74 Å². The van der Waals surface area contributed by atoms with Gasteiger partial charge in [-0.25, -0.2) is 0 Å². The zero-order valence-corrected chi connectivity index (χ0v) is 5.73. The van der Waals surface area contributed by atoms with Crippen LogP contribution in [0.1, 0.15) is 6.42 Å². The first-order valence-electron chi connectivity index (χ1n) is 3.35. The zero-order valence-electron chi connectivity index (χ0n) is 5.73. The van der Waals surface area contributed by atoms with Gasteiger partial charge < -0.3 is 14.9 Å². The lowest BCUT2D eigenvalue weighted by Crippen LogP contribution is -2.17. The van der Waals surface area contributed by atoms with Crippen LogP contribution in [0.3, 0.4) is 0 Å².